The Hall–Kier alpha value is -2.38. The predicted octanol–water partition coefficient (Wildman–Crippen LogP) is 2.75. The number of methoxy groups -OCH3 is 1. The van der Waals surface area contributed by atoms with Gasteiger partial charge in [-0.1, -0.05) is 31.2 Å². The molecule has 26 heavy (non-hydrogen) atoms. The Morgan fingerprint density at radius 2 is 1.65 bits per heavy atom. The van der Waals surface area contributed by atoms with Gasteiger partial charge in [0.05, 0.1) is 17.6 Å². The maximum Gasteiger partial charge on any atom is 0.339 e. The quantitative estimate of drug-likeness (QED) is 0.695. The molecular formula is C19H24N2O4S. The van der Waals surface area contributed by atoms with Crippen LogP contribution in [0.2, 0.25) is 0 Å². The van der Waals surface area contributed by atoms with Crippen molar-refractivity contribution in [2.24, 2.45) is 0 Å². The molecule has 0 saturated carbocycles. The largest absolute Gasteiger partial charge is 0.465 e. The van der Waals surface area contributed by atoms with Crippen LogP contribution in [0.1, 0.15) is 22.8 Å². The Balaban J connectivity index is 2.35. The highest BCUT2D eigenvalue weighted by Gasteiger charge is 2.28. The number of carbonyl (C=O) groups excluding carboxylic acids is 1. The lowest BCUT2D eigenvalue weighted by Gasteiger charge is -2.22. The Kier molecular flexibility index (Phi) is 6.39. The zero-order valence-electron chi connectivity index (χ0n) is 15.5. The third kappa shape index (κ3) is 4.23. The number of carbonyl (C=O) groups is 1. The van der Waals surface area contributed by atoms with Crippen molar-refractivity contribution in [3.05, 3.63) is 59.7 Å². The second-order valence-corrected chi connectivity index (χ2v) is 7.89. The summed E-state index contributed by atoms with van der Waals surface area (Å²) in [5.74, 6) is -0.671. The van der Waals surface area contributed by atoms with E-state index in [2.05, 4.69) is 0 Å². The van der Waals surface area contributed by atoms with Gasteiger partial charge in [0.15, 0.2) is 0 Å². The lowest BCUT2D eigenvalue weighted by molar-refractivity contribution is 0.0596. The average molecular weight is 376 g/mol. The number of sulfonamides is 1. The van der Waals surface area contributed by atoms with Crippen molar-refractivity contribution in [1.82, 2.24) is 4.31 Å². The molecule has 2 rings (SSSR count). The van der Waals surface area contributed by atoms with Crippen molar-refractivity contribution in [3.63, 3.8) is 0 Å². The molecule has 0 atom stereocenters. The SMILES string of the molecule is CCN(Cc1ccc(N(C)C)cc1)S(=O)(=O)c1ccccc1C(=O)OC. The van der Waals surface area contributed by atoms with Gasteiger partial charge in [0.2, 0.25) is 10.0 Å². The fraction of sp³-hybridized carbons (Fsp3) is 0.316. The minimum atomic E-state index is -3.84. The van der Waals surface area contributed by atoms with E-state index in [-0.39, 0.29) is 23.5 Å². The molecule has 0 N–H and O–H groups in total. The van der Waals surface area contributed by atoms with Crippen LogP contribution in [-0.4, -0.2) is 46.4 Å². The second kappa shape index (κ2) is 8.33. The molecule has 6 nitrogen and oxygen atoms in total. The normalized spacial score (nSPS) is 11.4. The third-order valence-electron chi connectivity index (χ3n) is 4.07. The van der Waals surface area contributed by atoms with Crippen LogP contribution in [0.15, 0.2) is 53.4 Å². The van der Waals surface area contributed by atoms with Gasteiger partial charge >= 0.3 is 5.97 Å². The van der Waals surface area contributed by atoms with Crippen LogP contribution in [0.25, 0.3) is 0 Å². The Morgan fingerprint density at radius 1 is 1.04 bits per heavy atom. The summed E-state index contributed by atoms with van der Waals surface area (Å²) in [4.78, 5) is 13.9. The van der Waals surface area contributed by atoms with Crippen molar-refractivity contribution in [1.29, 1.82) is 0 Å². The maximum absolute atomic E-state index is 13.1. The zero-order chi connectivity index (χ0) is 19.3. The van der Waals surface area contributed by atoms with E-state index in [0.717, 1.165) is 11.3 Å². The molecule has 0 spiro atoms. The molecule has 0 bridgehead atoms. The first kappa shape index (κ1) is 19.9. The van der Waals surface area contributed by atoms with E-state index in [1.165, 1.54) is 23.5 Å². The number of benzene rings is 2. The van der Waals surface area contributed by atoms with Gasteiger partial charge < -0.3 is 9.64 Å². The molecule has 0 aliphatic rings. The molecule has 2 aromatic carbocycles. The van der Waals surface area contributed by atoms with Crippen LogP contribution >= 0.6 is 0 Å². The number of nitrogens with zero attached hydrogens (tertiary/aromatic N) is 2. The summed E-state index contributed by atoms with van der Waals surface area (Å²) in [7, 11) is 1.28. The first-order valence-electron chi connectivity index (χ1n) is 8.25. The highest BCUT2D eigenvalue weighted by molar-refractivity contribution is 7.89. The number of hydrogen-bond donors (Lipinski definition) is 0. The first-order valence-corrected chi connectivity index (χ1v) is 9.69. The van der Waals surface area contributed by atoms with Crippen molar-refractivity contribution < 1.29 is 17.9 Å². The summed E-state index contributed by atoms with van der Waals surface area (Å²) in [6, 6.07) is 13.8. The molecule has 0 heterocycles. The number of hydrogen-bond acceptors (Lipinski definition) is 5. The fourth-order valence-corrected chi connectivity index (χ4v) is 4.20. The molecule has 0 amide bonds. The molecule has 0 fully saturated rings. The number of ether oxygens (including phenoxy) is 1. The van der Waals surface area contributed by atoms with Gasteiger partial charge in [0.1, 0.15) is 0 Å². The summed E-state index contributed by atoms with van der Waals surface area (Å²) in [6.07, 6.45) is 0. The lowest BCUT2D eigenvalue weighted by atomic mass is 10.2. The van der Waals surface area contributed by atoms with Crippen LogP contribution < -0.4 is 4.90 Å². The van der Waals surface area contributed by atoms with Crippen LogP contribution in [0.4, 0.5) is 5.69 Å². The van der Waals surface area contributed by atoms with Gasteiger partial charge in [0, 0.05) is 32.9 Å². The Bertz CT molecular complexity index is 861. The van der Waals surface area contributed by atoms with Gasteiger partial charge in [-0.05, 0) is 29.8 Å². The molecule has 0 saturated heterocycles. The second-order valence-electron chi connectivity index (χ2n) is 5.98. The molecule has 0 aromatic heterocycles. The Labute approximate surface area is 155 Å². The summed E-state index contributed by atoms with van der Waals surface area (Å²) in [6.45, 7) is 2.28. The van der Waals surface area contributed by atoms with Crippen LogP contribution in [0.5, 0.6) is 0 Å². The summed E-state index contributed by atoms with van der Waals surface area (Å²) in [5, 5.41) is 0. The third-order valence-corrected chi connectivity index (χ3v) is 6.05. The van der Waals surface area contributed by atoms with Gasteiger partial charge in [0.25, 0.3) is 0 Å². The fourth-order valence-electron chi connectivity index (χ4n) is 2.58. The van der Waals surface area contributed by atoms with E-state index < -0.39 is 16.0 Å². The van der Waals surface area contributed by atoms with Gasteiger partial charge in [-0.2, -0.15) is 4.31 Å². The van der Waals surface area contributed by atoms with E-state index in [9.17, 15) is 13.2 Å². The number of esters is 1. The van der Waals surface area contributed by atoms with Crippen LogP contribution in [0, 0.1) is 0 Å². The van der Waals surface area contributed by atoms with E-state index in [0.29, 0.717) is 0 Å². The summed E-state index contributed by atoms with van der Waals surface area (Å²) < 4.78 is 32.2. The molecule has 0 radical (unpaired) electrons. The highest BCUT2D eigenvalue weighted by Crippen LogP contribution is 2.23. The zero-order valence-corrected chi connectivity index (χ0v) is 16.3. The summed E-state index contributed by atoms with van der Waals surface area (Å²) >= 11 is 0. The minimum absolute atomic E-state index is 0.0383. The van der Waals surface area contributed by atoms with Crippen molar-refractivity contribution in [2.75, 3.05) is 32.6 Å². The maximum atomic E-state index is 13.1. The van der Waals surface area contributed by atoms with Gasteiger partial charge in [-0.3, -0.25) is 0 Å². The molecule has 0 aliphatic carbocycles. The van der Waals surface area contributed by atoms with E-state index in [4.69, 9.17) is 4.74 Å². The molecule has 7 heteroatoms. The lowest BCUT2D eigenvalue weighted by Crippen LogP contribution is -2.31. The number of rotatable bonds is 7. The highest BCUT2D eigenvalue weighted by atomic mass is 32.2. The van der Waals surface area contributed by atoms with Gasteiger partial charge in [-0.15, -0.1) is 0 Å². The predicted molar refractivity (Wildman–Crippen MR) is 102 cm³/mol. The molecule has 140 valence electrons. The molecular weight excluding hydrogens is 352 g/mol. The topological polar surface area (TPSA) is 66.9 Å². The van der Waals surface area contributed by atoms with Crippen molar-refractivity contribution in [2.45, 2.75) is 18.4 Å². The standard InChI is InChI=1S/C19H24N2O4S/c1-5-21(14-15-10-12-16(13-11-15)20(2)3)26(23,24)18-9-7-6-8-17(18)19(22)25-4/h6-13H,5,14H2,1-4H3. The molecule has 0 aliphatic heterocycles. The van der Waals surface area contributed by atoms with Crippen LogP contribution in [0.3, 0.4) is 0 Å². The van der Waals surface area contributed by atoms with E-state index in [1.807, 2.05) is 43.3 Å². The monoisotopic (exact) mass is 376 g/mol. The molecule has 0 unspecified atom stereocenters. The van der Waals surface area contributed by atoms with Crippen LogP contribution in [-0.2, 0) is 21.3 Å². The Morgan fingerprint density at radius 3 is 2.19 bits per heavy atom. The minimum Gasteiger partial charge on any atom is -0.465 e. The molecule has 2 aromatic rings. The van der Waals surface area contributed by atoms with E-state index >= 15 is 0 Å². The van der Waals surface area contributed by atoms with E-state index in [1.54, 1.807) is 19.1 Å². The van der Waals surface area contributed by atoms with Crippen molar-refractivity contribution in [3.8, 4) is 0 Å². The smallest absolute Gasteiger partial charge is 0.339 e. The van der Waals surface area contributed by atoms with Crippen molar-refractivity contribution >= 4 is 21.7 Å². The summed E-state index contributed by atoms with van der Waals surface area (Å²) in [5.41, 5.74) is 1.95. The average Bonchev–Trinajstić information content (AvgIpc) is 2.65. The van der Waals surface area contributed by atoms with Gasteiger partial charge in [-0.25, -0.2) is 13.2 Å². The number of anilines is 1. The first-order chi connectivity index (χ1) is 12.3.